The lowest BCUT2D eigenvalue weighted by atomic mass is 10.3. The summed E-state index contributed by atoms with van der Waals surface area (Å²) in [5.74, 6) is 1.20. The lowest BCUT2D eigenvalue weighted by Gasteiger charge is -2.28. The molecule has 0 spiro atoms. The van der Waals surface area contributed by atoms with Gasteiger partial charge in [-0.2, -0.15) is 0 Å². The van der Waals surface area contributed by atoms with Gasteiger partial charge in [-0.15, -0.1) is 0 Å². The molecule has 8 nitrogen and oxygen atoms in total. The van der Waals surface area contributed by atoms with Gasteiger partial charge in [0.2, 0.25) is 11.3 Å². The van der Waals surface area contributed by atoms with Crippen LogP contribution in [0.15, 0.2) is 22.8 Å². The number of aromatic nitrogens is 4. The van der Waals surface area contributed by atoms with Gasteiger partial charge in [0, 0.05) is 18.8 Å². The molecule has 1 aromatic carbocycles. The van der Waals surface area contributed by atoms with Crippen molar-refractivity contribution in [2.24, 2.45) is 0 Å². The SMILES string of the molecule is Clc1ccc(Nc2nc3nonc3nc2N2CCOCC2)cc1Cl. The third-order valence-electron chi connectivity index (χ3n) is 3.59. The molecule has 0 bridgehead atoms. The van der Waals surface area contributed by atoms with E-state index in [1.807, 2.05) is 6.07 Å². The number of hydrogen-bond donors (Lipinski definition) is 1. The normalized spacial score (nSPS) is 15.0. The Morgan fingerprint density at radius 3 is 2.50 bits per heavy atom. The van der Waals surface area contributed by atoms with Crippen molar-refractivity contribution in [1.29, 1.82) is 0 Å². The van der Waals surface area contributed by atoms with Gasteiger partial charge < -0.3 is 15.0 Å². The summed E-state index contributed by atoms with van der Waals surface area (Å²) in [6.07, 6.45) is 0. The highest BCUT2D eigenvalue weighted by atomic mass is 35.5. The third kappa shape index (κ3) is 2.95. The van der Waals surface area contributed by atoms with Gasteiger partial charge in [-0.1, -0.05) is 23.2 Å². The van der Waals surface area contributed by atoms with Crippen LogP contribution in [0.1, 0.15) is 0 Å². The quantitative estimate of drug-likeness (QED) is 0.756. The molecule has 0 saturated carbocycles. The van der Waals surface area contributed by atoms with Crippen molar-refractivity contribution in [3.05, 3.63) is 28.2 Å². The largest absolute Gasteiger partial charge is 0.378 e. The molecule has 0 radical (unpaired) electrons. The lowest BCUT2D eigenvalue weighted by molar-refractivity contribution is 0.122. The molecule has 1 N–H and O–H groups in total. The van der Waals surface area contributed by atoms with E-state index in [9.17, 15) is 0 Å². The van der Waals surface area contributed by atoms with Gasteiger partial charge in [0.15, 0.2) is 11.6 Å². The van der Waals surface area contributed by atoms with Crippen LogP contribution in [0.2, 0.25) is 10.0 Å². The maximum Gasteiger partial charge on any atom is 0.245 e. The molecular formula is C14H12Cl2N6O2. The minimum Gasteiger partial charge on any atom is -0.378 e. The number of nitrogens with zero attached hydrogens (tertiary/aromatic N) is 5. The molecule has 3 aromatic rings. The smallest absolute Gasteiger partial charge is 0.245 e. The highest BCUT2D eigenvalue weighted by Crippen LogP contribution is 2.30. The number of halogens is 2. The van der Waals surface area contributed by atoms with E-state index in [4.69, 9.17) is 32.6 Å². The van der Waals surface area contributed by atoms with Gasteiger partial charge in [0.05, 0.1) is 23.3 Å². The van der Waals surface area contributed by atoms with Crippen molar-refractivity contribution in [1.82, 2.24) is 20.3 Å². The van der Waals surface area contributed by atoms with Gasteiger partial charge in [-0.25, -0.2) is 14.6 Å². The lowest BCUT2D eigenvalue weighted by Crippen LogP contribution is -2.37. The maximum atomic E-state index is 6.07. The second-order valence-electron chi connectivity index (χ2n) is 5.16. The standard InChI is InChI=1S/C14H12Cl2N6O2/c15-9-2-1-8(7-10(9)16)17-13-14(22-3-5-23-6-4-22)19-12-11(18-13)20-24-21-12/h1-2,7H,3-6H2,(H,17,18,20). The molecule has 1 aliphatic rings. The van der Waals surface area contributed by atoms with Crippen molar-refractivity contribution >= 4 is 51.8 Å². The van der Waals surface area contributed by atoms with E-state index < -0.39 is 0 Å². The van der Waals surface area contributed by atoms with E-state index >= 15 is 0 Å². The van der Waals surface area contributed by atoms with Crippen LogP contribution in [0.5, 0.6) is 0 Å². The molecule has 4 rings (SSSR count). The number of morpholine rings is 1. The first kappa shape index (κ1) is 15.4. The molecule has 24 heavy (non-hydrogen) atoms. The van der Waals surface area contributed by atoms with E-state index in [1.165, 1.54) is 0 Å². The predicted molar refractivity (Wildman–Crippen MR) is 90.2 cm³/mol. The molecular weight excluding hydrogens is 355 g/mol. The zero-order valence-electron chi connectivity index (χ0n) is 12.4. The first-order valence-corrected chi connectivity index (χ1v) is 8.01. The summed E-state index contributed by atoms with van der Waals surface area (Å²) in [4.78, 5) is 11.0. The zero-order valence-corrected chi connectivity index (χ0v) is 13.9. The molecule has 3 heterocycles. The van der Waals surface area contributed by atoms with Crippen molar-refractivity contribution < 1.29 is 9.37 Å². The fraction of sp³-hybridized carbons (Fsp3) is 0.286. The van der Waals surface area contributed by atoms with Gasteiger partial charge in [0.25, 0.3) is 0 Å². The monoisotopic (exact) mass is 366 g/mol. The maximum absolute atomic E-state index is 6.07. The van der Waals surface area contributed by atoms with E-state index in [0.717, 1.165) is 5.69 Å². The van der Waals surface area contributed by atoms with Crippen LogP contribution in [0.3, 0.4) is 0 Å². The molecule has 1 fully saturated rings. The minimum atomic E-state index is 0.328. The van der Waals surface area contributed by atoms with Crippen LogP contribution >= 0.6 is 23.2 Å². The Labute approximate surface area is 146 Å². The van der Waals surface area contributed by atoms with Gasteiger partial charge in [-0.05, 0) is 28.5 Å². The zero-order chi connectivity index (χ0) is 16.5. The Bertz CT molecular complexity index is 881. The summed E-state index contributed by atoms with van der Waals surface area (Å²) in [6.45, 7) is 2.68. The summed E-state index contributed by atoms with van der Waals surface area (Å²) in [5, 5.41) is 11.7. The molecule has 0 amide bonds. The molecule has 0 atom stereocenters. The van der Waals surface area contributed by atoms with Crippen LogP contribution in [0.4, 0.5) is 17.3 Å². The Morgan fingerprint density at radius 2 is 1.75 bits per heavy atom. The van der Waals surface area contributed by atoms with Crippen molar-refractivity contribution in [3.63, 3.8) is 0 Å². The van der Waals surface area contributed by atoms with Crippen molar-refractivity contribution in [2.45, 2.75) is 0 Å². The van der Waals surface area contributed by atoms with E-state index in [-0.39, 0.29) is 0 Å². The fourth-order valence-corrected chi connectivity index (χ4v) is 2.72. The third-order valence-corrected chi connectivity index (χ3v) is 4.33. The average Bonchev–Trinajstić information content (AvgIpc) is 3.05. The van der Waals surface area contributed by atoms with Gasteiger partial charge >= 0.3 is 0 Å². The van der Waals surface area contributed by atoms with E-state index in [1.54, 1.807) is 12.1 Å². The highest BCUT2D eigenvalue weighted by Gasteiger charge is 2.20. The summed E-state index contributed by atoms with van der Waals surface area (Å²) < 4.78 is 10.1. The van der Waals surface area contributed by atoms with E-state index in [0.29, 0.717) is 59.3 Å². The highest BCUT2D eigenvalue weighted by molar-refractivity contribution is 6.42. The Morgan fingerprint density at radius 1 is 1.00 bits per heavy atom. The summed E-state index contributed by atoms with van der Waals surface area (Å²) in [5.41, 5.74) is 1.43. The van der Waals surface area contributed by atoms with Crippen LogP contribution in [0.25, 0.3) is 11.3 Å². The summed E-state index contributed by atoms with van der Waals surface area (Å²) >= 11 is 12.0. The van der Waals surface area contributed by atoms with Crippen LogP contribution in [-0.2, 0) is 4.74 Å². The fourth-order valence-electron chi connectivity index (χ4n) is 2.42. The molecule has 1 saturated heterocycles. The van der Waals surface area contributed by atoms with Crippen LogP contribution in [0, 0.1) is 0 Å². The number of anilines is 3. The Balaban J connectivity index is 1.75. The molecule has 10 heteroatoms. The van der Waals surface area contributed by atoms with Crippen LogP contribution < -0.4 is 10.2 Å². The summed E-state index contributed by atoms with van der Waals surface area (Å²) in [6, 6.07) is 5.24. The van der Waals surface area contributed by atoms with Crippen molar-refractivity contribution in [2.75, 3.05) is 36.5 Å². The number of fused-ring (bicyclic) bond motifs is 1. The van der Waals surface area contributed by atoms with Crippen LogP contribution in [-0.4, -0.2) is 46.6 Å². The second kappa shape index (κ2) is 6.39. The number of hydrogen-bond acceptors (Lipinski definition) is 8. The first-order valence-electron chi connectivity index (χ1n) is 7.26. The second-order valence-corrected chi connectivity index (χ2v) is 5.97. The van der Waals surface area contributed by atoms with Gasteiger partial charge in [-0.3, -0.25) is 0 Å². The average molecular weight is 367 g/mol. The number of benzene rings is 1. The number of rotatable bonds is 3. The first-order chi connectivity index (χ1) is 11.7. The molecule has 0 aliphatic carbocycles. The predicted octanol–water partition coefficient (Wildman–Crippen LogP) is 2.90. The van der Waals surface area contributed by atoms with Crippen molar-refractivity contribution in [3.8, 4) is 0 Å². The molecule has 0 unspecified atom stereocenters. The molecule has 1 aliphatic heterocycles. The Kier molecular flexibility index (Phi) is 4.09. The van der Waals surface area contributed by atoms with E-state index in [2.05, 4.69) is 30.5 Å². The number of ether oxygens (including phenoxy) is 1. The van der Waals surface area contributed by atoms with Gasteiger partial charge in [0.1, 0.15) is 0 Å². The molecule has 2 aromatic heterocycles. The molecule has 124 valence electrons. The topological polar surface area (TPSA) is 89.2 Å². The number of nitrogens with one attached hydrogen (secondary N) is 1. The summed E-state index contributed by atoms with van der Waals surface area (Å²) in [7, 11) is 0. The Hall–Kier alpha value is -2.16. The minimum absolute atomic E-state index is 0.328.